The Morgan fingerprint density at radius 2 is 1.89 bits per heavy atom. The van der Waals surface area contributed by atoms with Crippen molar-refractivity contribution in [2.45, 2.75) is 19.5 Å². The van der Waals surface area contributed by atoms with Gasteiger partial charge in [-0.1, -0.05) is 12.1 Å². The molecule has 1 heterocycles. The van der Waals surface area contributed by atoms with Gasteiger partial charge in [-0.25, -0.2) is 4.79 Å². The normalized spacial score (nSPS) is 16.3. The molecule has 0 saturated heterocycles. The quantitative estimate of drug-likeness (QED) is 0.628. The van der Waals surface area contributed by atoms with E-state index in [-0.39, 0.29) is 29.0 Å². The van der Waals surface area contributed by atoms with Gasteiger partial charge in [-0.2, -0.15) is 0 Å². The molecule has 2 aromatic rings. The molecular weight excluding hydrogens is 354 g/mol. The Morgan fingerprint density at radius 1 is 1.22 bits per heavy atom. The van der Waals surface area contributed by atoms with Gasteiger partial charge in [0, 0.05) is 18.7 Å². The smallest absolute Gasteiger partial charge is 0.335 e. The molecule has 9 heteroatoms. The van der Waals surface area contributed by atoms with Gasteiger partial charge in [-0.3, -0.25) is 19.7 Å². The summed E-state index contributed by atoms with van der Waals surface area (Å²) < 4.78 is 0. The van der Waals surface area contributed by atoms with Crippen molar-refractivity contribution in [2.24, 2.45) is 0 Å². The van der Waals surface area contributed by atoms with Crippen LogP contribution in [0.3, 0.4) is 0 Å². The second kappa shape index (κ2) is 6.87. The van der Waals surface area contributed by atoms with Crippen LogP contribution in [0.2, 0.25) is 0 Å². The highest BCUT2D eigenvalue weighted by molar-refractivity contribution is 6.10. The summed E-state index contributed by atoms with van der Waals surface area (Å²) in [6, 6.07) is 8.84. The first kappa shape index (κ1) is 18.1. The zero-order valence-electron chi connectivity index (χ0n) is 14.2. The molecule has 0 unspecified atom stereocenters. The fraction of sp³-hybridized carbons (Fsp3) is 0.167. The van der Waals surface area contributed by atoms with Gasteiger partial charge in [-0.05, 0) is 30.7 Å². The van der Waals surface area contributed by atoms with Crippen molar-refractivity contribution in [3.8, 4) is 0 Å². The fourth-order valence-electron chi connectivity index (χ4n) is 2.80. The third kappa shape index (κ3) is 3.47. The highest BCUT2D eigenvalue weighted by atomic mass is 16.6. The Labute approximate surface area is 153 Å². The Balaban J connectivity index is 1.95. The molecule has 9 nitrogen and oxygen atoms in total. The molecule has 2 aromatic carbocycles. The number of nitrogens with one attached hydrogen (secondary N) is 1. The van der Waals surface area contributed by atoms with Crippen LogP contribution in [0, 0.1) is 10.1 Å². The SMILES string of the molecule is C[C@@H]1C(=O)Nc2cc([N+](=O)[O-])ccc2C(=O)N1Cc1ccc(C(=O)O)cc1. The molecule has 0 radical (unpaired) electrons. The second-order valence-corrected chi connectivity index (χ2v) is 6.09. The number of carbonyl (C=O) groups excluding carboxylic acids is 2. The van der Waals surface area contributed by atoms with E-state index in [4.69, 9.17) is 5.11 Å². The van der Waals surface area contributed by atoms with Gasteiger partial charge < -0.3 is 15.3 Å². The highest BCUT2D eigenvalue weighted by Gasteiger charge is 2.33. The van der Waals surface area contributed by atoms with Crippen LogP contribution < -0.4 is 5.32 Å². The van der Waals surface area contributed by atoms with E-state index >= 15 is 0 Å². The summed E-state index contributed by atoms with van der Waals surface area (Å²) in [5, 5.41) is 22.4. The van der Waals surface area contributed by atoms with E-state index in [1.165, 1.54) is 29.2 Å². The number of hydrogen-bond acceptors (Lipinski definition) is 5. The molecule has 2 amide bonds. The first-order valence-electron chi connectivity index (χ1n) is 8.00. The number of carboxylic acids is 1. The second-order valence-electron chi connectivity index (χ2n) is 6.09. The molecule has 1 atom stereocenters. The number of benzene rings is 2. The molecule has 1 aliphatic heterocycles. The number of rotatable bonds is 4. The topological polar surface area (TPSA) is 130 Å². The molecule has 0 spiro atoms. The van der Waals surface area contributed by atoms with Crippen molar-refractivity contribution in [1.82, 2.24) is 4.90 Å². The first-order chi connectivity index (χ1) is 12.8. The Bertz CT molecular complexity index is 954. The number of fused-ring (bicyclic) bond motifs is 1. The van der Waals surface area contributed by atoms with Crippen molar-refractivity contribution in [3.63, 3.8) is 0 Å². The Morgan fingerprint density at radius 3 is 2.48 bits per heavy atom. The van der Waals surface area contributed by atoms with Gasteiger partial charge >= 0.3 is 5.97 Å². The van der Waals surface area contributed by atoms with E-state index in [2.05, 4.69) is 5.32 Å². The average Bonchev–Trinajstić information content (AvgIpc) is 2.72. The highest BCUT2D eigenvalue weighted by Crippen LogP contribution is 2.28. The van der Waals surface area contributed by atoms with Crippen LogP contribution in [0.15, 0.2) is 42.5 Å². The molecular formula is C18H15N3O6. The van der Waals surface area contributed by atoms with Crippen LogP contribution in [-0.2, 0) is 11.3 Å². The minimum atomic E-state index is -1.06. The number of nitrogens with zero attached hydrogens (tertiary/aromatic N) is 2. The van der Waals surface area contributed by atoms with Gasteiger partial charge in [0.25, 0.3) is 11.6 Å². The van der Waals surface area contributed by atoms with E-state index < -0.39 is 28.7 Å². The summed E-state index contributed by atoms with van der Waals surface area (Å²) in [6.07, 6.45) is 0. The maximum Gasteiger partial charge on any atom is 0.335 e. The van der Waals surface area contributed by atoms with E-state index in [1.54, 1.807) is 19.1 Å². The van der Waals surface area contributed by atoms with E-state index in [9.17, 15) is 24.5 Å². The average molecular weight is 369 g/mol. The predicted molar refractivity (Wildman–Crippen MR) is 94.5 cm³/mol. The number of carbonyl (C=O) groups is 3. The monoisotopic (exact) mass is 369 g/mol. The zero-order chi connectivity index (χ0) is 19.7. The van der Waals surface area contributed by atoms with Crippen LogP contribution in [0.1, 0.15) is 33.2 Å². The van der Waals surface area contributed by atoms with Crippen LogP contribution >= 0.6 is 0 Å². The summed E-state index contributed by atoms with van der Waals surface area (Å²) in [5.41, 5.74) is 0.783. The third-order valence-electron chi connectivity index (χ3n) is 4.36. The summed E-state index contributed by atoms with van der Waals surface area (Å²) in [7, 11) is 0. The lowest BCUT2D eigenvalue weighted by Crippen LogP contribution is -2.42. The summed E-state index contributed by atoms with van der Waals surface area (Å²) in [5.74, 6) is -1.98. The number of anilines is 1. The summed E-state index contributed by atoms with van der Waals surface area (Å²) >= 11 is 0. The maximum atomic E-state index is 12.9. The first-order valence-corrected chi connectivity index (χ1v) is 8.00. The Hall–Kier alpha value is -3.75. The number of carboxylic acid groups (broad SMARTS) is 1. The summed E-state index contributed by atoms with van der Waals surface area (Å²) in [4.78, 5) is 47.9. The van der Waals surface area contributed by atoms with Gasteiger partial charge in [0.1, 0.15) is 6.04 Å². The lowest BCUT2D eigenvalue weighted by atomic mass is 10.1. The van der Waals surface area contributed by atoms with Crippen molar-refractivity contribution >= 4 is 29.2 Å². The van der Waals surface area contributed by atoms with Gasteiger partial charge in [0.2, 0.25) is 5.91 Å². The molecule has 0 fully saturated rings. The molecule has 138 valence electrons. The number of hydrogen-bond donors (Lipinski definition) is 2. The Kier molecular flexibility index (Phi) is 4.59. The van der Waals surface area contributed by atoms with Gasteiger partial charge in [0.15, 0.2) is 0 Å². The van der Waals surface area contributed by atoms with Crippen molar-refractivity contribution < 1.29 is 24.4 Å². The zero-order valence-corrected chi connectivity index (χ0v) is 14.2. The number of amides is 2. The molecule has 3 rings (SSSR count). The number of nitro groups is 1. The van der Waals surface area contributed by atoms with Crippen LogP contribution in [0.4, 0.5) is 11.4 Å². The van der Waals surface area contributed by atoms with E-state index in [0.717, 1.165) is 6.07 Å². The molecule has 2 N–H and O–H groups in total. The predicted octanol–water partition coefficient (Wildman–Crippen LogP) is 2.28. The molecule has 0 aromatic heterocycles. The van der Waals surface area contributed by atoms with Crippen molar-refractivity contribution in [1.29, 1.82) is 0 Å². The van der Waals surface area contributed by atoms with Crippen molar-refractivity contribution in [3.05, 3.63) is 69.3 Å². The lowest BCUT2D eigenvalue weighted by molar-refractivity contribution is -0.384. The van der Waals surface area contributed by atoms with Crippen LogP contribution in [-0.4, -0.2) is 38.8 Å². The summed E-state index contributed by atoms with van der Waals surface area (Å²) in [6.45, 7) is 1.64. The largest absolute Gasteiger partial charge is 0.478 e. The molecule has 0 aliphatic carbocycles. The minimum absolute atomic E-state index is 0.0871. The van der Waals surface area contributed by atoms with Crippen LogP contribution in [0.25, 0.3) is 0 Å². The number of nitro benzene ring substituents is 1. The van der Waals surface area contributed by atoms with Crippen molar-refractivity contribution in [2.75, 3.05) is 5.32 Å². The van der Waals surface area contributed by atoms with E-state index in [1.807, 2.05) is 0 Å². The number of non-ortho nitro benzene ring substituents is 1. The van der Waals surface area contributed by atoms with Crippen LogP contribution in [0.5, 0.6) is 0 Å². The van der Waals surface area contributed by atoms with Gasteiger partial charge in [0.05, 0.1) is 21.7 Å². The standard InChI is InChI=1S/C18H15N3O6/c1-10-16(22)19-15-8-13(21(26)27)6-7-14(15)17(23)20(10)9-11-2-4-12(5-3-11)18(24)25/h2-8,10H,9H2,1H3,(H,19,22)(H,24,25)/t10-/m1/s1. The maximum absolute atomic E-state index is 12.9. The number of aromatic carboxylic acids is 1. The minimum Gasteiger partial charge on any atom is -0.478 e. The van der Waals surface area contributed by atoms with E-state index in [0.29, 0.717) is 5.56 Å². The van der Waals surface area contributed by atoms with Gasteiger partial charge in [-0.15, -0.1) is 0 Å². The third-order valence-corrected chi connectivity index (χ3v) is 4.36. The fourth-order valence-corrected chi connectivity index (χ4v) is 2.80. The molecule has 0 saturated carbocycles. The lowest BCUT2D eigenvalue weighted by Gasteiger charge is -2.26. The molecule has 1 aliphatic rings. The molecule has 0 bridgehead atoms. The molecule has 27 heavy (non-hydrogen) atoms.